The van der Waals surface area contributed by atoms with Crippen molar-refractivity contribution < 1.29 is 9.90 Å². The standard InChI is InChI=1S/C13H12N2O3/c1-8-5-10(11(6-14-8)13(17)18)9-3-4-12(16)15(2)7-9/h3-7H,1-2H3,(H,17,18). The SMILES string of the molecule is Cc1cc(-c2ccc(=O)n(C)c2)c(C(=O)O)cn1. The molecule has 0 bridgehead atoms. The minimum Gasteiger partial charge on any atom is -0.478 e. The predicted octanol–water partition coefficient (Wildman–Crippen LogP) is 1.45. The number of aromatic carboxylic acids is 1. The summed E-state index contributed by atoms with van der Waals surface area (Å²) in [4.78, 5) is 26.4. The number of aromatic nitrogens is 2. The van der Waals surface area contributed by atoms with Gasteiger partial charge in [0.05, 0.1) is 5.56 Å². The Morgan fingerprint density at radius 2 is 2.11 bits per heavy atom. The first-order valence-corrected chi connectivity index (χ1v) is 5.36. The van der Waals surface area contributed by atoms with E-state index in [4.69, 9.17) is 5.11 Å². The Labute approximate surface area is 103 Å². The second-order valence-electron chi connectivity index (χ2n) is 4.04. The van der Waals surface area contributed by atoms with Crippen molar-refractivity contribution in [2.75, 3.05) is 0 Å². The van der Waals surface area contributed by atoms with Crippen LogP contribution in [0.1, 0.15) is 16.1 Å². The third-order valence-electron chi connectivity index (χ3n) is 2.67. The summed E-state index contributed by atoms with van der Waals surface area (Å²) >= 11 is 0. The molecule has 5 heteroatoms. The maximum Gasteiger partial charge on any atom is 0.337 e. The second kappa shape index (κ2) is 4.44. The maximum atomic E-state index is 11.3. The van der Waals surface area contributed by atoms with Gasteiger partial charge in [0, 0.05) is 36.8 Å². The van der Waals surface area contributed by atoms with Crippen LogP contribution >= 0.6 is 0 Å². The van der Waals surface area contributed by atoms with Crippen molar-refractivity contribution in [3.05, 3.63) is 52.2 Å². The van der Waals surface area contributed by atoms with Crippen LogP contribution in [-0.4, -0.2) is 20.6 Å². The summed E-state index contributed by atoms with van der Waals surface area (Å²) in [6.07, 6.45) is 2.95. The molecule has 18 heavy (non-hydrogen) atoms. The van der Waals surface area contributed by atoms with Crippen LogP contribution in [0.25, 0.3) is 11.1 Å². The smallest absolute Gasteiger partial charge is 0.337 e. The number of aryl methyl sites for hydroxylation is 2. The molecule has 2 rings (SSSR count). The number of pyridine rings is 2. The monoisotopic (exact) mass is 244 g/mol. The molecular formula is C13H12N2O3. The van der Waals surface area contributed by atoms with Gasteiger partial charge in [-0.3, -0.25) is 9.78 Å². The molecule has 1 N–H and O–H groups in total. The minimum atomic E-state index is -1.04. The predicted molar refractivity (Wildman–Crippen MR) is 66.6 cm³/mol. The first-order valence-electron chi connectivity index (χ1n) is 5.36. The van der Waals surface area contributed by atoms with Gasteiger partial charge in [0.2, 0.25) is 5.56 Å². The second-order valence-corrected chi connectivity index (χ2v) is 4.04. The molecule has 2 aromatic rings. The number of rotatable bonds is 2. The molecule has 0 spiro atoms. The first-order chi connectivity index (χ1) is 8.49. The molecule has 5 nitrogen and oxygen atoms in total. The molecule has 0 atom stereocenters. The van der Waals surface area contributed by atoms with Crippen LogP contribution in [0.2, 0.25) is 0 Å². The normalized spacial score (nSPS) is 10.3. The van der Waals surface area contributed by atoms with Crippen LogP contribution in [0, 0.1) is 6.92 Å². The largest absolute Gasteiger partial charge is 0.478 e. The summed E-state index contributed by atoms with van der Waals surface area (Å²) in [7, 11) is 1.63. The lowest BCUT2D eigenvalue weighted by Gasteiger charge is -2.08. The van der Waals surface area contributed by atoms with E-state index < -0.39 is 5.97 Å². The van der Waals surface area contributed by atoms with E-state index in [2.05, 4.69) is 4.98 Å². The zero-order valence-corrected chi connectivity index (χ0v) is 10.0. The van der Waals surface area contributed by atoms with E-state index in [0.717, 1.165) is 5.69 Å². The molecule has 2 aromatic heterocycles. The lowest BCUT2D eigenvalue weighted by molar-refractivity contribution is 0.0697. The Balaban J connectivity index is 2.69. The third kappa shape index (κ3) is 2.15. The van der Waals surface area contributed by atoms with Gasteiger partial charge in [-0.25, -0.2) is 4.79 Å². The zero-order valence-electron chi connectivity index (χ0n) is 10.0. The van der Waals surface area contributed by atoms with E-state index in [1.807, 2.05) is 0 Å². The number of carboxylic acids is 1. The minimum absolute atomic E-state index is 0.124. The van der Waals surface area contributed by atoms with E-state index in [-0.39, 0.29) is 11.1 Å². The van der Waals surface area contributed by atoms with Crippen LogP contribution in [-0.2, 0) is 7.05 Å². The van der Waals surface area contributed by atoms with Crippen molar-refractivity contribution in [1.29, 1.82) is 0 Å². The molecule has 0 aromatic carbocycles. The molecule has 0 saturated heterocycles. The van der Waals surface area contributed by atoms with Crippen molar-refractivity contribution in [2.24, 2.45) is 7.05 Å². The van der Waals surface area contributed by atoms with Crippen molar-refractivity contribution in [3.63, 3.8) is 0 Å². The van der Waals surface area contributed by atoms with Crippen LogP contribution in [0.3, 0.4) is 0 Å². The summed E-state index contributed by atoms with van der Waals surface area (Å²) in [5.74, 6) is -1.04. The van der Waals surface area contributed by atoms with Gasteiger partial charge in [0.25, 0.3) is 0 Å². The van der Waals surface area contributed by atoms with Gasteiger partial charge >= 0.3 is 5.97 Å². The Hall–Kier alpha value is -2.43. The lowest BCUT2D eigenvalue weighted by Crippen LogP contribution is -2.14. The van der Waals surface area contributed by atoms with Gasteiger partial charge in [0.15, 0.2) is 0 Å². The Bertz CT molecular complexity index is 674. The molecular weight excluding hydrogens is 232 g/mol. The summed E-state index contributed by atoms with van der Waals surface area (Å²) < 4.78 is 1.41. The summed E-state index contributed by atoms with van der Waals surface area (Å²) in [5.41, 5.74) is 1.95. The summed E-state index contributed by atoms with van der Waals surface area (Å²) in [6.45, 7) is 1.79. The highest BCUT2D eigenvalue weighted by molar-refractivity contribution is 5.95. The van der Waals surface area contributed by atoms with Crippen molar-refractivity contribution in [3.8, 4) is 11.1 Å². The number of nitrogens with zero attached hydrogens (tertiary/aromatic N) is 2. The summed E-state index contributed by atoms with van der Waals surface area (Å²) in [6, 6.07) is 4.73. The average Bonchev–Trinajstić information content (AvgIpc) is 2.32. The average molecular weight is 244 g/mol. The van der Waals surface area contributed by atoms with Gasteiger partial charge in [-0.05, 0) is 24.6 Å². The Morgan fingerprint density at radius 3 is 2.72 bits per heavy atom. The Kier molecular flexibility index (Phi) is 2.97. The van der Waals surface area contributed by atoms with Gasteiger partial charge in [-0.1, -0.05) is 0 Å². The van der Waals surface area contributed by atoms with Crippen molar-refractivity contribution in [1.82, 2.24) is 9.55 Å². The number of carboxylic acid groups (broad SMARTS) is 1. The van der Waals surface area contributed by atoms with Gasteiger partial charge in [-0.15, -0.1) is 0 Å². The van der Waals surface area contributed by atoms with Crippen molar-refractivity contribution in [2.45, 2.75) is 6.92 Å². The lowest BCUT2D eigenvalue weighted by atomic mass is 10.0. The van der Waals surface area contributed by atoms with Crippen molar-refractivity contribution >= 4 is 5.97 Å². The highest BCUT2D eigenvalue weighted by Crippen LogP contribution is 2.23. The fourth-order valence-corrected chi connectivity index (χ4v) is 1.72. The van der Waals surface area contributed by atoms with E-state index in [1.54, 1.807) is 32.3 Å². The number of hydrogen-bond acceptors (Lipinski definition) is 3. The molecule has 2 heterocycles. The quantitative estimate of drug-likeness (QED) is 0.867. The molecule has 0 aliphatic rings. The van der Waals surface area contributed by atoms with Crippen LogP contribution < -0.4 is 5.56 Å². The number of carbonyl (C=O) groups is 1. The molecule has 92 valence electrons. The fraction of sp³-hybridized carbons (Fsp3) is 0.154. The van der Waals surface area contributed by atoms with E-state index in [0.29, 0.717) is 11.1 Å². The number of hydrogen-bond donors (Lipinski definition) is 1. The first kappa shape index (κ1) is 12.0. The molecule has 0 unspecified atom stereocenters. The summed E-state index contributed by atoms with van der Waals surface area (Å²) in [5, 5.41) is 9.13. The van der Waals surface area contributed by atoms with Crippen LogP contribution in [0.4, 0.5) is 0 Å². The molecule has 0 amide bonds. The zero-order chi connectivity index (χ0) is 13.3. The van der Waals surface area contributed by atoms with Gasteiger partial charge < -0.3 is 9.67 Å². The maximum absolute atomic E-state index is 11.3. The van der Waals surface area contributed by atoms with Gasteiger partial charge in [-0.2, -0.15) is 0 Å². The van der Waals surface area contributed by atoms with E-state index >= 15 is 0 Å². The van der Waals surface area contributed by atoms with E-state index in [9.17, 15) is 9.59 Å². The third-order valence-corrected chi connectivity index (χ3v) is 2.67. The molecule has 0 fully saturated rings. The molecule has 0 aliphatic carbocycles. The van der Waals surface area contributed by atoms with Crippen LogP contribution in [0.5, 0.6) is 0 Å². The molecule has 0 radical (unpaired) electrons. The molecule has 0 saturated carbocycles. The molecule has 0 aliphatic heterocycles. The highest BCUT2D eigenvalue weighted by Gasteiger charge is 2.13. The Morgan fingerprint density at radius 1 is 1.39 bits per heavy atom. The fourth-order valence-electron chi connectivity index (χ4n) is 1.72. The highest BCUT2D eigenvalue weighted by atomic mass is 16.4. The van der Waals surface area contributed by atoms with Crippen LogP contribution in [0.15, 0.2) is 35.4 Å². The van der Waals surface area contributed by atoms with Gasteiger partial charge in [0.1, 0.15) is 0 Å². The van der Waals surface area contributed by atoms with E-state index in [1.165, 1.54) is 16.8 Å². The topological polar surface area (TPSA) is 72.2 Å².